The lowest BCUT2D eigenvalue weighted by atomic mass is 10.1. The summed E-state index contributed by atoms with van der Waals surface area (Å²) in [6.45, 7) is 4.54. The third-order valence-electron chi connectivity index (χ3n) is 15.2. The van der Waals surface area contributed by atoms with Crippen molar-refractivity contribution in [3.05, 3.63) is 109 Å². The van der Waals surface area contributed by atoms with Gasteiger partial charge >= 0.3 is 39.5 Å². The Balaban J connectivity index is 5.37. The summed E-state index contributed by atoms with van der Waals surface area (Å²) >= 11 is 0. The van der Waals surface area contributed by atoms with Crippen LogP contribution >= 0.6 is 15.6 Å². The zero-order valence-corrected chi connectivity index (χ0v) is 61.8. The van der Waals surface area contributed by atoms with Crippen LogP contribution in [0.2, 0.25) is 0 Å². The van der Waals surface area contributed by atoms with Gasteiger partial charge in [0.2, 0.25) is 0 Å². The molecule has 3 N–H and O–H groups in total. The molecule has 0 fully saturated rings. The van der Waals surface area contributed by atoms with Crippen LogP contribution in [-0.4, -0.2) is 96.7 Å². The van der Waals surface area contributed by atoms with E-state index in [1.165, 1.54) is 51.4 Å². The molecule has 0 aromatic heterocycles. The van der Waals surface area contributed by atoms with E-state index in [1.807, 2.05) is 12.2 Å². The zero-order valence-electron chi connectivity index (χ0n) is 60.0. The largest absolute Gasteiger partial charge is 0.472 e. The van der Waals surface area contributed by atoms with Crippen molar-refractivity contribution < 1.29 is 80.2 Å². The number of carbonyl (C=O) groups excluding carboxylic acids is 4. The van der Waals surface area contributed by atoms with E-state index in [-0.39, 0.29) is 25.7 Å². The molecule has 0 aromatic rings. The molecule has 552 valence electrons. The number of phosphoric ester groups is 2. The van der Waals surface area contributed by atoms with E-state index < -0.39 is 97.5 Å². The van der Waals surface area contributed by atoms with Gasteiger partial charge in [0.05, 0.1) is 26.4 Å². The van der Waals surface area contributed by atoms with Gasteiger partial charge in [0.1, 0.15) is 19.3 Å². The minimum absolute atomic E-state index is 0.0704. The summed E-state index contributed by atoms with van der Waals surface area (Å²) in [5.74, 6) is -2.27. The van der Waals surface area contributed by atoms with Crippen LogP contribution in [-0.2, 0) is 65.4 Å². The van der Waals surface area contributed by atoms with Gasteiger partial charge in [-0.3, -0.25) is 37.3 Å². The maximum atomic E-state index is 13.0. The SMILES string of the molecule is CC/C=C\C/C=C\C/C=C\C/C=C\C/C=C\CCCC(=O)OCC(COP(=O)(O)OCC(O)COP(=O)(O)OCC(COC(=O)CCCCCCC/C=C\CCCCCCCC)OC(=O)CCCCCCC/C=C\C/C=C\CCC)OC(=O)CCCCCCC/C=C\CCCC. The average molecular weight is 1390 g/mol. The highest BCUT2D eigenvalue weighted by Crippen LogP contribution is 2.45. The summed E-state index contributed by atoms with van der Waals surface area (Å²) < 4.78 is 68.3. The average Bonchev–Trinajstić information content (AvgIpc) is 1.13. The Bertz CT molecular complexity index is 2250. The second-order valence-corrected chi connectivity index (χ2v) is 27.4. The van der Waals surface area contributed by atoms with Crippen LogP contribution < -0.4 is 0 Å². The molecule has 0 saturated carbocycles. The molecular weight excluding hydrogens is 1260 g/mol. The van der Waals surface area contributed by atoms with Gasteiger partial charge in [-0.15, -0.1) is 0 Å². The molecule has 0 aliphatic carbocycles. The van der Waals surface area contributed by atoms with Crippen molar-refractivity contribution in [3.63, 3.8) is 0 Å². The first-order valence-electron chi connectivity index (χ1n) is 37.1. The number of phosphoric acid groups is 2. The lowest BCUT2D eigenvalue weighted by Crippen LogP contribution is -2.30. The molecule has 96 heavy (non-hydrogen) atoms. The van der Waals surface area contributed by atoms with Gasteiger partial charge in [-0.05, 0) is 135 Å². The molecule has 0 amide bonds. The minimum Gasteiger partial charge on any atom is -0.462 e. The van der Waals surface area contributed by atoms with Crippen LogP contribution in [0.3, 0.4) is 0 Å². The molecule has 0 heterocycles. The number of ether oxygens (including phenoxy) is 4. The molecule has 17 nitrogen and oxygen atoms in total. The number of hydrogen-bond acceptors (Lipinski definition) is 15. The van der Waals surface area contributed by atoms with E-state index >= 15 is 0 Å². The molecule has 0 aliphatic heterocycles. The van der Waals surface area contributed by atoms with E-state index in [9.17, 15) is 43.2 Å². The predicted octanol–water partition coefficient (Wildman–Crippen LogP) is 21.0. The van der Waals surface area contributed by atoms with Gasteiger partial charge in [-0.2, -0.15) is 0 Å². The predicted molar refractivity (Wildman–Crippen MR) is 390 cm³/mol. The quantitative estimate of drug-likeness (QED) is 0.0169. The lowest BCUT2D eigenvalue weighted by Gasteiger charge is -2.21. The van der Waals surface area contributed by atoms with Crippen LogP contribution in [0.1, 0.15) is 297 Å². The van der Waals surface area contributed by atoms with Crippen LogP contribution in [0, 0.1) is 0 Å². The second kappa shape index (κ2) is 69.2. The van der Waals surface area contributed by atoms with Crippen LogP contribution in [0.15, 0.2) is 109 Å². The highest BCUT2D eigenvalue weighted by Gasteiger charge is 2.30. The normalized spacial score (nSPS) is 14.6. The van der Waals surface area contributed by atoms with E-state index in [4.69, 9.17) is 37.0 Å². The summed E-state index contributed by atoms with van der Waals surface area (Å²) in [6.07, 6.45) is 72.4. The maximum absolute atomic E-state index is 13.0. The van der Waals surface area contributed by atoms with Gasteiger partial charge in [-0.25, -0.2) is 9.13 Å². The Morgan fingerprint density at radius 2 is 0.583 bits per heavy atom. The van der Waals surface area contributed by atoms with Gasteiger partial charge in [0.15, 0.2) is 12.2 Å². The Kier molecular flexibility index (Phi) is 66.1. The number of carbonyl (C=O) groups is 4. The Hall–Kier alpha value is -4.28. The summed E-state index contributed by atoms with van der Waals surface area (Å²) in [5.41, 5.74) is 0. The summed E-state index contributed by atoms with van der Waals surface area (Å²) in [4.78, 5) is 72.7. The first kappa shape index (κ1) is 91.7. The number of unbranched alkanes of at least 4 members (excludes halogenated alkanes) is 25. The molecule has 5 unspecified atom stereocenters. The Morgan fingerprint density at radius 3 is 0.958 bits per heavy atom. The monoisotopic (exact) mass is 1390 g/mol. The van der Waals surface area contributed by atoms with Crippen molar-refractivity contribution in [2.45, 2.75) is 316 Å². The number of aliphatic hydroxyl groups is 1. The lowest BCUT2D eigenvalue weighted by molar-refractivity contribution is -0.161. The molecular formula is C77H132O17P2. The maximum Gasteiger partial charge on any atom is 0.472 e. The number of aliphatic hydroxyl groups excluding tert-OH is 1. The first-order chi connectivity index (χ1) is 46.7. The fraction of sp³-hybridized carbons (Fsp3) is 0.714. The summed E-state index contributed by atoms with van der Waals surface area (Å²) in [5, 5.41) is 10.6. The standard InChI is InChI=1S/C77H132O17P2/c1-5-9-13-17-21-25-29-32-34-35-37-40-43-46-50-54-58-62-75(80)87-67-72(93-76(81)63-59-55-51-47-41-28-24-20-16-12-8-4)69-91-95(83,84)89-65-71(78)66-90-96(85,86)92-70-73(94-77(82)64-60-56-52-48-44-38-31-27-23-19-15-11-7-3)68-88-74(79)61-57-53-49-45-42-39-36-33-30-26-22-18-14-10-6-2/h9,13,15,19-21,24-25,27,31-34,36-37,40,46,50,71-73,78H,5-8,10-12,14,16-18,22-23,26,28-30,35,38-39,41-45,47-49,51-70H2,1-4H3,(H,83,84)(H,85,86)/b13-9-,19-15-,24-20-,25-21-,31-27-,34-32-,36-33-,40-37-,50-46-. The van der Waals surface area contributed by atoms with Crippen molar-refractivity contribution in [1.29, 1.82) is 0 Å². The van der Waals surface area contributed by atoms with E-state index in [1.54, 1.807) is 0 Å². The van der Waals surface area contributed by atoms with Gasteiger partial charge in [0, 0.05) is 25.7 Å². The summed E-state index contributed by atoms with van der Waals surface area (Å²) in [7, 11) is -9.96. The molecule has 0 aromatic carbocycles. The smallest absolute Gasteiger partial charge is 0.462 e. The fourth-order valence-corrected chi connectivity index (χ4v) is 11.1. The molecule has 19 heteroatoms. The first-order valence-corrected chi connectivity index (χ1v) is 40.1. The molecule has 5 atom stereocenters. The topological polar surface area (TPSA) is 237 Å². The van der Waals surface area contributed by atoms with Crippen molar-refractivity contribution in [2.24, 2.45) is 0 Å². The van der Waals surface area contributed by atoms with Gasteiger partial charge in [-0.1, -0.05) is 246 Å². The minimum atomic E-state index is -4.99. The molecule has 0 saturated heterocycles. The number of esters is 4. The number of rotatable bonds is 69. The van der Waals surface area contributed by atoms with Crippen molar-refractivity contribution in [3.8, 4) is 0 Å². The second-order valence-electron chi connectivity index (χ2n) is 24.5. The van der Waals surface area contributed by atoms with Crippen molar-refractivity contribution in [1.82, 2.24) is 0 Å². The Morgan fingerprint density at radius 1 is 0.302 bits per heavy atom. The van der Waals surface area contributed by atoms with Crippen molar-refractivity contribution in [2.75, 3.05) is 39.6 Å². The van der Waals surface area contributed by atoms with E-state index in [2.05, 4.69) is 125 Å². The molecule has 0 bridgehead atoms. The van der Waals surface area contributed by atoms with E-state index in [0.29, 0.717) is 32.1 Å². The van der Waals surface area contributed by atoms with Gasteiger partial charge in [0.25, 0.3) is 0 Å². The fourth-order valence-electron chi connectivity index (χ4n) is 9.50. The van der Waals surface area contributed by atoms with Crippen LogP contribution in [0.4, 0.5) is 0 Å². The number of allylic oxidation sites excluding steroid dienone is 18. The van der Waals surface area contributed by atoms with E-state index in [0.717, 1.165) is 161 Å². The van der Waals surface area contributed by atoms with Crippen LogP contribution in [0.5, 0.6) is 0 Å². The molecule has 0 spiro atoms. The Labute approximate surface area is 581 Å². The van der Waals surface area contributed by atoms with Crippen molar-refractivity contribution >= 4 is 39.5 Å². The molecule has 0 radical (unpaired) electrons. The third kappa shape index (κ3) is 68.3. The number of hydrogen-bond donors (Lipinski definition) is 3. The highest BCUT2D eigenvalue weighted by atomic mass is 31.2. The third-order valence-corrected chi connectivity index (χ3v) is 17.1. The highest BCUT2D eigenvalue weighted by molar-refractivity contribution is 7.47. The zero-order chi connectivity index (χ0) is 70.4. The summed E-state index contributed by atoms with van der Waals surface area (Å²) in [6, 6.07) is 0. The van der Waals surface area contributed by atoms with Crippen LogP contribution in [0.25, 0.3) is 0 Å². The molecule has 0 rings (SSSR count). The molecule has 0 aliphatic rings. The van der Waals surface area contributed by atoms with Gasteiger partial charge < -0.3 is 33.8 Å².